The molecular weight excluding hydrogens is 464 g/mol. The second-order valence-corrected chi connectivity index (χ2v) is 10.1. The summed E-state index contributed by atoms with van der Waals surface area (Å²) in [6.45, 7) is 6.78. The van der Waals surface area contributed by atoms with Gasteiger partial charge in [0, 0.05) is 57.0 Å². The van der Waals surface area contributed by atoms with Gasteiger partial charge in [0.1, 0.15) is 11.8 Å². The Bertz CT molecular complexity index is 1140. The van der Waals surface area contributed by atoms with E-state index in [0.717, 1.165) is 30.9 Å². The van der Waals surface area contributed by atoms with Crippen LogP contribution in [-0.4, -0.2) is 62.2 Å². The van der Waals surface area contributed by atoms with Crippen LogP contribution in [0.5, 0.6) is 5.75 Å². The maximum atomic E-state index is 13.8. The lowest BCUT2D eigenvalue weighted by atomic mass is 9.69. The molecule has 0 saturated carbocycles. The lowest BCUT2D eigenvalue weighted by Crippen LogP contribution is -2.65. The minimum atomic E-state index is -0.623. The number of methoxy groups -OCH3 is 1. The summed E-state index contributed by atoms with van der Waals surface area (Å²) >= 11 is 0. The third-order valence-corrected chi connectivity index (χ3v) is 7.48. The lowest BCUT2D eigenvalue weighted by Gasteiger charge is -2.51. The molecule has 196 valence electrons. The lowest BCUT2D eigenvalue weighted by molar-refractivity contribution is -0.143. The fourth-order valence-corrected chi connectivity index (χ4v) is 5.37. The van der Waals surface area contributed by atoms with E-state index in [1.165, 1.54) is 11.1 Å². The molecule has 0 aliphatic carbocycles. The van der Waals surface area contributed by atoms with Gasteiger partial charge in [-0.3, -0.25) is 9.59 Å². The molecule has 3 N–H and O–H groups in total. The molecule has 0 bridgehead atoms. The number of carbonyl (C=O) groups excluding carboxylic acids is 2. The highest BCUT2D eigenvalue weighted by Gasteiger charge is 2.48. The summed E-state index contributed by atoms with van der Waals surface area (Å²) in [6.07, 6.45) is 2.25. The molecule has 2 fully saturated rings. The molecule has 2 heterocycles. The monoisotopic (exact) mass is 502 g/mol. The zero-order chi connectivity index (χ0) is 26.3. The molecule has 2 aliphatic heterocycles. The van der Waals surface area contributed by atoms with E-state index in [9.17, 15) is 9.59 Å². The predicted octanol–water partition coefficient (Wildman–Crippen LogP) is 2.52. The highest BCUT2D eigenvalue weighted by atomic mass is 16.5. The minimum absolute atomic E-state index is 0.0431. The number of hydrogen-bond donors (Lipinski definition) is 3. The van der Waals surface area contributed by atoms with E-state index >= 15 is 0 Å². The van der Waals surface area contributed by atoms with E-state index < -0.39 is 6.04 Å². The number of ether oxygens (including phenoxy) is 1. The number of nitrogens with one attached hydrogen (secondary N) is 3. The van der Waals surface area contributed by atoms with Crippen LogP contribution in [-0.2, 0) is 21.4 Å². The number of amides is 2. The van der Waals surface area contributed by atoms with Crippen molar-refractivity contribution in [1.82, 2.24) is 20.9 Å². The fourth-order valence-electron chi connectivity index (χ4n) is 5.37. The van der Waals surface area contributed by atoms with Crippen LogP contribution < -0.4 is 20.7 Å². The molecule has 4 rings (SSSR count). The quantitative estimate of drug-likeness (QED) is 0.435. The van der Waals surface area contributed by atoms with Crippen molar-refractivity contribution < 1.29 is 14.3 Å². The average molecular weight is 503 g/mol. The Kier molecular flexibility index (Phi) is 8.86. The van der Waals surface area contributed by atoms with Crippen molar-refractivity contribution in [1.29, 1.82) is 0 Å². The number of hydrogen-bond acceptors (Lipinski definition) is 5. The Labute approximate surface area is 220 Å². The van der Waals surface area contributed by atoms with Gasteiger partial charge in [-0.05, 0) is 49.1 Å². The molecule has 2 aromatic carbocycles. The molecule has 2 atom stereocenters. The molecule has 0 aromatic heterocycles. The zero-order valence-corrected chi connectivity index (χ0v) is 22.1. The second kappa shape index (κ2) is 12.3. The van der Waals surface area contributed by atoms with E-state index in [0.29, 0.717) is 32.4 Å². The summed E-state index contributed by atoms with van der Waals surface area (Å²) in [7, 11) is 1.63. The maximum absolute atomic E-state index is 13.8. The molecule has 0 radical (unpaired) electrons. The van der Waals surface area contributed by atoms with Gasteiger partial charge in [-0.1, -0.05) is 36.4 Å². The Morgan fingerprint density at radius 3 is 2.59 bits per heavy atom. The van der Waals surface area contributed by atoms with E-state index in [-0.39, 0.29) is 23.3 Å². The van der Waals surface area contributed by atoms with Crippen molar-refractivity contribution in [2.75, 3.05) is 33.4 Å². The number of aryl methyl sites for hydroxylation is 1. The van der Waals surface area contributed by atoms with Crippen molar-refractivity contribution in [3.05, 3.63) is 65.2 Å². The highest BCUT2D eigenvalue weighted by molar-refractivity contribution is 5.88. The van der Waals surface area contributed by atoms with Gasteiger partial charge >= 0.3 is 0 Å². The molecule has 2 saturated heterocycles. The number of likely N-dealkylation sites (tertiary alicyclic amines) is 1. The molecule has 2 aromatic rings. The maximum Gasteiger partial charge on any atom is 0.245 e. The van der Waals surface area contributed by atoms with Crippen molar-refractivity contribution in [3.8, 4) is 17.6 Å². The number of carbonyl (C=O) groups is 2. The summed E-state index contributed by atoms with van der Waals surface area (Å²) in [4.78, 5) is 28.5. The zero-order valence-electron chi connectivity index (χ0n) is 22.1. The van der Waals surface area contributed by atoms with Crippen molar-refractivity contribution in [2.45, 2.75) is 57.0 Å². The third kappa shape index (κ3) is 6.51. The van der Waals surface area contributed by atoms with Gasteiger partial charge in [-0.2, -0.15) is 0 Å². The van der Waals surface area contributed by atoms with Crippen LogP contribution in [0.15, 0.2) is 48.5 Å². The van der Waals surface area contributed by atoms with Gasteiger partial charge in [-0.15, -0.1) is 11.8 Å². The van der Waals surface area contributed by atoms with Crippen LogP contribution in [0, 0.1) is 18.8 Å². The Morgan fingerprint density at radius 2 is 1.95 bits per heavy atom. The molecule has 0 spiro atoms. The normalized spacial score (nSPS) is 18.8. The first-order chi connectivity index (χ1) is 17.9. The molecule has 7 nitrogen and oxygen atoms in total. The number of nitrogens with zero attached hydrogens (tertiary/aromatic N) is 1. The largest absolute Gasteiger partial charge is 0.497 e. The van der Waals surface area contributed by atoms with Crippen LogP contribution in [0.4, 0.5) is 0 Å². The van der Waals surface area contributed by atoms with Gasteiger partial charge in [0.2, 0.25) is 11.8 Å². The summed E-state index contributed by atoms with van der Waals surface area (Å²) in [5, 5.41) is 9.63. The Balaban J connectivity index is 1.48. The smallest absolute Gasteiger partial charge is 0.245 e. The minimum Gasteiger partial charge on any atom is -0.497 e. The first-order valence-electron chi connectivity index (χ1n) is 13.0. The Hall–Kier alpha value is -3.34. The number of rotatable bonds is 10. The third-order valence-electron chi connectivity index (χ3n) is 7.48. The first-order valence-corrected chi connectivity index (χ1v) is 13.0. The van der Waals surface area contributed by atoms with Gasteiger partial charge in [0.25, 0.3) is 0 Å². The van der Waals surface area contributed by atoms with Crippen LogP contribution in [0.3, 0.4) is 0 Å². The summed E-state index contributed by atoms with van der Waals surface area (Å²) < 4.78 is 5.27. The van der Waals surface area contributed by atoms with Crippen molar-refractivity contribution in [3.63, 3.8) is 0 Å². The second-order valence-electron chi connectivity index (χ2n) is 10.1. The molecule has 2 amide bonds. The van der Waals surface area contributed by atoms with Gasteiger partial charge in [0.05, 0.1) is 7.11 Å². The molecule has 1 unspecified atom stereocenters. The molecule has 2 aliphatic rings. The summed E-state index contributed by atoms with van der Waals surface area (Å²) in [5.41, 5.74) is 3.25. The van der Waals surface area contributed by atoms with Crippen LogP contribution in [0.2, 0.25) is 0 Å². The molecule has 37 heavy (non-hydrogen) atoms. The van der Waals surface area contributed by atoms with E-state index in [1.54, 1.807) is 7.11 Å². The van der Waals surface area contributed by atoms with E-state index in [2.05, 4.69) is 52.9 Å². The van der Waals surface area contributed by atoms with Crippen molar-refractivity contribution >= 4 is 11.8 Å². The highest BCUT2D eigenvalue weighted by Crippen LogP contribution is 2.39. The average Bonchev–Trinajstić information content (AvgIpc) is 3.41. The van der Waals surface area contributed by atoms with Crippen LogP contribution in [0.1, 0.15) is 42.9 Å². The van der Waals surface area contributed by atoms with Gasteiger partial charge in [0.15, 0.2) is 0 Å². The summed E-state index contributed by atoms with van der Waals surface area (Å²) in [5.74, 6) is 6.90. The van der Waals surface area contributed by atoms with Crippen LogP contribution in [0.25, 0.3) is 0 Å². The predicted molar refractivity (Wildman–Crippen MR) is 145 cm³/mol. The van der Waals surface area contributed by atoms with Crippen molar-refractivity contribution in [2.24, 2.45) is 0 Å². The van der Waals surface area contributed by atoms with E-state index in [1.807, 2.05) is 42.2 Å². The topological polar surface area (TPSA) is 82.7 Å². The first kappa shape index (κ1) is 26.7. The molecular formula is C30H38N4O3. The van der Waals surface area contributed by atoms with E-state index in [4.69, 9.17) is 4.74 Å². The SMILES string of the molecule is CC#CCC1(c2ccccc2C)CN(C(=O)[C@@H](Cc2ccc(OC)cc2)NC(=O)CCC2CNCN2)C1. The van der Waals surface area contributed by atoms with Gasteiger partial charge < -0.3 is 25.6 Å². The Morgan fingerprint density at radius 1 is 1.19 bits per heavy atom. The van der Waals surface area contributed by atoms with Crippen LogP contribution >= 0.6 is 0 Å². The standard InChI is InChI=1S/C30H38N4O3/c1-4-5-16-30(26-9-7-6-8-22(26)2)19-34(20-30)29(36)27(17-23-10-13-25(37-3)14-11-23)33-28(35)15-12-24-18-31-21-32-24/h6-11,13-14,24,27,31-32H,12,15-21H2,1-3H3,(H,33,35)/t24?,27-/m1/s1. The van der Waals surface area contributed by atoms with Gasteiger partial charge in [-0.25, -0.2) is 0 Å². The number of benzene rings is 2. The summed E-state index contributed by atoms with van der Waals surface area (Å²) in [6, 6.07) is 15.7. The fraction of sp³-hybridized carbons (Fsp3) is 0.467. The molecule has 7 heteroatoms.